The number of hydrogen-bond donors (Lipinski definition) is 1. The van der Waals surface area contributed by atoms with E-state index in [9.17, 15) is 13.2 Å². The molecule has 0 bridgehead atoms. The Labute approximate surface area is 178 Å². The minimum Gasteiger partial charge on any atom is -0.348 e. The van der Waals surface area contributed by atoms with Crippen molar-refractivity contribution in [2.45, 2.75) is 31.2 Å². The second-order valence-corrected chi connectivity index (χ2v) is 9.98. The van der Waals surface area contributed by atoms with Gasteiger partial charge in [0.2, 0.25) is 15.9 Å². The molecular formula is C24H28N2O3S. The van der Waals surface area contributed by atoms with Crippen molar-refractivity contribution in [3.8, 4) is 0 Å². The van der Waals surface area contributed by atoms with Crippen LogP contribution < -0.4 is 5.32 Å². The van der Waals surface area contributed by atoms with Crippen molar-refractivity contribution in [2.24, 2.45) is 5.92 Å². The van der Waals surface area contributed by atoms with Gasteiger partial charge < -0.3 is 5.32 Å². The van der Waals surface area contributed by atoms with E-state index in [2.05, 4.69) is 19.2 Å². The van der Waals surface area contributed by atoms with Crippen molar-refractivity contribution in [1.29, 1.82) is 0 Å². The smallest absolute Gasteiger partial charge is 0.243 e. The predicted molar refractivity (Wildman–Crippen MR) is 121 cm³/mol. The number of nitrogens with one attached hydrogen (secondary N) is 1. The van der Waals surface area contributed by atoms with Crippen LogP contribution in [0.3, 0.4) is 0 Å². The molecule has 3 aromatic rings. The minimum atomic E-state index is -3.78. The van der Waals surface area contributed by atoms with Crippen LogP contribution in [0.2, 0.25) is 0 Å². The molecule has 158 valence electrons. The van der Waals surface area contributed by atoms with Gasteiger partial charge in [-0.05, 0) is 40.8 Å². The molecule has 5 nitrogen and oxygen atoms in total. The molecule has 30 heavy (non-hydrogen) atoms. The monoisotopic (exact) mass is 424 g/mol. The van der Waals surface area contributed by atoms with Crippen molar-refractivity contribution >= 4 is 26.7 Å². The first-order chi connectivity index (χ1) is 14.3. The Morgan fingerprint density at radius 1 is 0.933 bits per heavy atom. The number of amides is 1. The van der Waals surface area contributed by atoms with E-state index in [-0.39, 0.29) is 23.4 Å². The second-order valence-electron chi connectivity index (χ2n) is 7.93. The van der Waals surface area contributed by atoms with Gasteiger partial charge in [0.25, 0.3) is 0 Å². The summed E-state index contributed by atoms with van der Waals surface area (Å²) >= 11 is 0. The number of fused-ring (bicyclic) bond motifs is 1. The van der Waals surface area contributed by atoms with Gasteiger partial charge in [-0.15, -0.1) is 0 Å². The molecule has 0 heterocycles. The van der Waals surface area contributed by atoms with Gasteiger partial charge >= 0.3 is 0 Å². The van der Waals surface area contributed by atoms with Gasteiger partial charge in [-0.25, -0.2) is 8.42 Å². The molecular weight excluding hydrogens is 396 g/mol. The number of carbonyl (C=O) groups is 1. The second kappa shape index (κ2) is 9.41. The first-order valence-corrected chi connectivity index (χ1v) is 11.5. The van der Waals surface area contributed by atoms with Crippen molar-refractivity contribution in [3.05, 3.63) is 78.4 Å². The number of likely N-dealkylation sites (N-methyl/N-ethyl adjacent to an activating group) is 1. The number of carbonyl (C=O) groups excluding carboxylic acids is 1. The fraction of sp³-hybridized carbons (Fsp3) is 0.292. The molecule has 3 rings (SSSR count). The van der Waals surface area contributed by atoms with Gasteiger partial charge in [-0.3, -0.25) is 4.79 Å². The molecule has 0 saturated heterocycles. The van der Waals surface area contributed by atoms with Crippen LogP contribution in [0, 0.1) is 5.92 Å². The Morgan fingerprint density at radius 2 is 1.57 bits per heavy atom. The third kappa shape index (κ3) is 5.26. The van der Waals surface area contributed by atoms with Crippen LogP contribution in [0.1, 0.15) is 31.9 Å². The normalized spacial score (nSPS) is 13.0. The third-order valence-electron chi connectivity index (χ3n) is 5.04. The lowest BCUT2D eigenvalue weighted by molar-refractivity contribution is -0.122. The molecule has 1 N–H and O–H groups in total. The number of rotatable bonds is 8. The Balaban J connectivity index is 1.74. The maximum atomic E-state index is 13.0. The lowest BCUT2D eigenvalue weighted by Crippen LogP contribution is -2.40. The summed E-state index contributed by atoms with van der Waals surface area (Å²) in [6.45, 7) is 3.95. The molecule has 0 aliphatic carbocycles. The topological polar surface area (TPSA) is 66.5 Å². The molecule has 0 aliphatic heterocycles. The van der Waals surface area contributed by atoms with Crippen molar-refractivity contribution in [1.82, 2.24) is 9.62 Å². The SMILES string of the molecule is CC(C)C[C@@H](NC(=O)CN(C)S(=O)(=O)c1ccc2ccccc2c1)c1ccccc1. The molecule has 0 spiro atoms. The molecule has 1 atom stereocenters. The molecule has 0 radical (unpaired) electrons. The minimum absolute atomic E-state index is 0.157. The van der Waals surface area contributed by atoms with E-state index < -0.39 is 10.0 Å². The van der Waals surface area contributed by atoms with Crippen LogP contribution >= 0.6 is 0 Å². The summed E-state index contributed by atoms with van der Waals surface area (Å²) < 4.78 is 27.1. The first-order valence-electron chi connectivity index (χ1n) is 10.1. The maximum absolute atomic E-state index is 13.0. The zero-order chi connectivity index (χ0) is 21.7. The molecule has 0 fully saturated rings. The summed E-state index contributed by atoms with van der Waals surface area (Å²) in [5.74, 6) is 0.0611. The highest BCUT2D eigenvalue weighted by Gasteiger charge is 2.24. The molecule has 0 aromatic heterocycles. The van der Waals surface area contributed by atoms with Crippen LogP contribution in [0.25, 0.3) is 10.8 Å². The van der Waals surface area contributed by atoms with Crippen molar-refractivity contribution in [3.63, 3.8) is 0 Å². The quantitative estimate of drug-likeness (QED) is 0.584. The van der Waals surface area contributed by atoms with Crippen LogP contribution in [0.15, 0.2) is 77.7 Å². The zero-order valence-electron chi connectivity index (χ0n) is 17.6. The molecule has 6 heteroatoms. The largest absolute Gasteiger partial charge is 0.348 e. The number of sulfonamides is 1. The Kier molecular flexibility index (Phi) is 6.90. The summed E-state index contributed by atoms with van der Waals surface area (Å²) in [5.41, 5.74) is 1.01. The average molecular weight is 425 g/mol. The van der Waals surface area contributed by atoms with Gasteiger partial charge in [0.05, 0.1) is 17.5 Å². The average Bonchev–Trinajstić information content (AvgIpc) is 2.73. The third-order valence-corrected chi connectivity index (χ3v) is 6.84. The highest BCUT2D eigenvalue weighted by molar-refractivity contribution is 7.89. The Hall–Kier alpha value is -2.70. The fourth-order valence-corrected chi connectivity index (χ4v) is 4.63. The summed E-state index contributed by atoms with van der Waals surface area (Å²) in [6.07, 6.45) is 0.775. The van der Waals surface area contributed by atoms with Gasteiger partial charge in [-0.1, -0.05) is 74.5 Å². The molecule has 0 unspecified atom stereocenters. The van der Waals surface area contributed by atoms with E-state index in [1.807, 2.05) is 54.6 Å². The van der Waals surface area contributed by atoms with E-state index >= 15 is 0 Å². The van der Waals surface area contributed by atoms with Crippen molar-refractivity contribution < 1.29 is 13.2 Å². The number of benzene rings is 3. The molecule has 0 saturated carbocycles. The highest BCUT2D eigenvalue weighted by atomic mass is 32.2. The number of hydrogen-bond acceptors (Lipinski definition) is 3. The first kappa shape index (κ1) is 22.0. The van der Waals surface area contributed by atoms with E-state index in [4.69, 9.17) is 0 Å². The lowest BCUT2D eigenvalue weighted by Gasteiger charge is -2.23. The van der Waals surface area contributed by atoms with E-state index in [1.165, 1.54) is 7.05 Å². The van der Waals surface area contributed by atoms with Crippen molar-refractivity contribution in [2.75, 3.05) is 13.6 Å². The molecule has 0 aliphatic rings. The summed E-state index contributed by atoms with van der Waals surface area (Å²) in [5, 5.41) is 4.82. The molecule has 3 aromatic carbocycles. The zero-order valence-corrected chi connectivity index (χ0v) is 18.4. The predicted octanol–water partition coefficient (Wildman–Crippen LogP) is 4.36. The summed E-state index contributed by atoms with van der Waals surface area (Å²) in [7, 11) is -2.34. The van der Waals surface area contributed by atoms with Gasteiger partial charge in [-0.2, -0.15) is 4.31 Å². The number of nitrogens with zero attached hydrogens (tertiary/aromatic N) is 1. The summed E-state index contributed by atoms with van der Waals surface area (Å²) in [6, 6.07) is 22.2. The van der Waals surface area contributed by atoms with E-state index in [0.29, 0.717) is 5.92 Å². The van der Waals surface area contributed by atoms with E-state index in [0.717, 1.165) is 27.1 Å². The van der Waals surface area contributed by atoms with Gasteiger partial charge in [0, 0.05) is 7.05 Å². The van der Waals surface area contributed by atoms with Crippen LogP contribution in [-0.2, 0) is 14.8 Å². The maximum Gasteiger partial charge on any atom is 0.243 e. The lowest BCUT2D eigenvalue weighted by atomic mass is 9.97. The van der Waals surface area contributed by atoms with E-state index in [1.54, 1.807) is 18.2 Å². The standard InChI is InChI=1S/C24H28N2O3S/c1-18(2)15-23(20-10-5-4-6-11-20)25-24(27)17-26(3)30(28,29)22-14-13-19-9-7-8-12-21(19)16-22/h4-14,16,18,23H,15,17H2,1-3H3,(H,25,27)/t23-/m1/s1. The Morgan fingerprint density at radius 3 is 2.23 bits per heavy atom. The van der Waals surface area contributed by atoms with Gasteiger partial charge in [0.1, 0.15) is 0 Å². The van der Waals surface area contributed by atoms with Crippen LogP contribution in [0.4, 0.5) is 0 Å². The fourth-order valence-electron chi connectivity index (χ4n) is 3.47. The molecule has 1 amide bonds. The summed E-state index contributed by atoms with van der Waals surface area (Å²) in [4.78, 5) is 12.9. The Bertz CT molecular complexity index is 1110. The van der Waals surface area contributed by atoms with Crippen LogP contribution in [0.5, 0.6) is 0 Å². The van der Waals surface area contributed by atoms with Gasteiger partial charge in [0.15, 0.2) is 0 Å². The van der Waals surface area contributed by atoms with Crippen LogP contribution in [-0.4, -0.2) is 32.2 Å². The highest BCUT2D eigenvalue weighted by Crippen LogP contribution is 2.23.